The van der Waals surface area contributed by atoms with Crippen molar-refractivity contribution in [1.82, 2.24) is 0 Å². The Morgan fingerprint density at radius 3 is 2.50 bits per heavy atom. The van der Waals surface area contributed by atoms with E-state index in [9.17, 15) is 0 Å². The standard InChI is InChI=1S/C10H12O.C9H8/c1-3-4-9-5-7-10(11-2)8-6-9;1-2-5-9-7-3-6-8(9)4-1/h3,5-8H,1,4H2,2H3;1-6H,7H2. The van der Waals surface area contributed by atoms with Gasteiger partial charge in [-0.05, 0) is 41.7 Å². The maximum absolute atomic E-state index is 5.02. The third-order valence-electron chi connectivity index (χ3n) is 3.23. The van der Waals surface area contributed by atoms with E-state index in [0.29, 0.717) is 0 Å². The molecule has 3 rings (SSSR count). The molecule has 0 aromatic heterocycles. The van der Waals surface area contributed by atoms with Crippen molar-refractivity contribution < 1.29 is 4.74 Å². The Bertz CT molecular complexity index is 579. The average Bonchev–Trinajstić information content (AvgIpc) is 2.97. The van der Waals surface area contributed by atoms with Crippen molar-refractivity contribution in [3.05, 3.63) is 84.0 Å². The van der Waals surface area contributed by atoms with Crippen LogP contribution in [0, 0.1) is 0 Å². The molecule has 102 valence electrons. The van der Waals surface area contributed by atoms with Crippen LogP contribution in [0.5, 0.6) is 5.75 Å². The van der Waals surface area contributed by atoms with Gasteiger partial charge in [0.05, 0.1) is 7.11 Å². The van der Waals surface area contributed by atoms with Gasteiger partial charge in [-0.3, -0.25) is 0 Å². The van der Waals surface area contributed by atoms with Gasteiger partial charge in [-0.1, -0.05) is 54.6 Å². The van der Waals surface area contributed by atoms with Gasteiger partial charge in [0.25, 0.3) is 0 Å². The average molecular weight is 264 g/mol. The zero-order valence-corrected chi connectivity index (χ0v) is 11.9. The van der Waals surface area contributed by atoms with Crippen LogP contribution in [0.2, 0.25) is 0 Å². The van der Waals surface area contributed by atoms with E-state index >= 15 is 0 Å². The molecule has 2 aromatic carbocycles. The van der Waals surface area contributed by atoms with Crippen molar-refractivity contribution in [3.63, 3.8) is 0 Å². The van der Waals surface area contributed by atoms with Crippen LogP contribution < -0.4 is 4.74 Å². The van der Waals surface area contributed by atoms with Crippen LogP contribution in [0.15, 0.2) is 67.3 Å². The molecule has 0 spiro atoms. The van der Waals surface area contributed by atoms with Crippen LogP contribution in [0.3, 0.4) is 0 Å². The highest BCUT2D eigenvalue weighted by Crippen LogP contribution is 2.17. The van der Waals surface area contributed by atoms with E-state index in [2.05, 4.69) is 43.0 Å². The highest BCUT2D eigenvalue weighted by atomic mass is 16.5. The van der Waals surface area contributed by atoms with Crippen LogP contribution >= 0.6 is 0 Å². The maximum atomic E-state index is 5.02. The molecule has 0 saturated carbocycles. The maximum Gasteiger partial charge on any atom is 0.118 e. The van der Waals surface area contributed by atoms with Crippen molar-refractivity contribution in [2.45, 2.75) is 12.8 Å². The van der Waals surface area contributed by atoms with E-state index in [1.165, 1.54) is 16.7 Å². The van der Waals surface area contributed by atoms with E-state index < -0.39 is 0 Å². The first-order valence-electron chi connectivity index (χ1n) is 6.81. The normalized spacial score (nSPS) is 11.2. The number of hydrogen-bond donors (Lipinski definition) is 0. The number of hydrogen-bond acceptors (Lipinski definition) is 1. The fourth-order valence-electron chi connectivity index (χ4n) is 2.12. The van der Waals surface area contributed by atoms with Crippen LogP contribution in [-0.2, 0) is 12.8 Å². The lowest BCUT2D eigenvalue weighted by Crippen LogP contribution is -1.83. The van der Waals surface area contributed by atoms with E-state index in [-0.39, 0.29) is 0 Å². The van der Waals surface area contributed by atoms with Crippen molar-refractivity contribution in [2.75, 3.05) is 7.11 Å². The molecule has 0 fully saturated rings. The van der Waals surface area contributed by atoms with Gasteiger partial charge >= 0.3 is 0 Å². The fraction of sp³-hybridized carbons (Fsp3) is 0.158. The smallest absolute Gasteiger partial charge is 0.118 e. The van der Waals surface area contributed by atoms with Gasteiger partial charge in [-0.25, -0.2) is 0 Å². The van der Waals surface area contributed by atoms with Crippen LogP contribution in [0.4, 0.5) is 0 Å². The van der Waals surface area contributed by atoms with Gasteiger partial charge in [0.1, 0.15) is 5.75 Å². The summed E-state index contributed by atoms with van der Waals surface area (Å²) < 4.78 is 5.02. The topological polar surface area (TPSA) is 9.23 Å². The van der Waals surface area contributed by atoms with Crippen molar-refractivity contribution >= 4 is 6.08 Å². The summed E-state index contributed by atoms with van der Waals surface area (Å²) in [6.45, 7) is 3.67. The summed E-state index contributed by atoms with van der Waals surface area (Å²) in [6, 6.07) is 16.5. The zero-order chi connectivity index (χ0) is 14.2. The summed E-state index contributed by atoms with van der Waals surface area (Å²) in [5.41, 5.74) is 4.11. The highest BCUT2D eigenvalue weighted by molar-refractivity contribution is 5.59. The first kappa shape index (κ1) is 14.1. The molecule has 0 aliphatic heterocycles. The quantitative estimate of drug-likeness (QED) is 0.731. The van der Waals surface area contributed by atoms with Crippen molar-refractivity contribution in [2.24, 2.45) is 0 Å². The molecule has 2 aromatic rings. The third kappa shape index (κ3) is 3.86. The lowest BCUT2D eigenvalue weighted by Gasteiger charge is -1.99. The summed E-state index contributed by atoms with van der Waals surface area (Å²) in [5, 5.41) is 0. The van der Waals surface area contributed by atoms with Crippen LogP contribution in [0.1, 0.15) is 16.7 Å². The number of methoxy groups -OCH3 is 1. The number of rotatable bonds is 3. The molecule has 1 aliphatic carbocycles. The molecule has 20 heavy (non-hydrogen) atoms. The summed E-state index contributed by atoms with van der Waals surface area (Å²) in [6.07, 6.45) is 8.31. The van der Waals surface area contributed by atoms with E-state index in [0.717, 1.165) is 18.6 Å². The molecule has 0 unspecified atom stereocenters. The van der Waals surface area contributed by atoms with Gasteiger partial charge in [-0.2, -0.15) is 0 Å². The monoisotopic (exact) mass is 264 g/mol. The summed E-state index contributed by atoms with van der Waals surface area (Å²) in [4.78, 5) is 0. The predicted molar refractivity (Wildman–Crippen MR) is 86.1 cm³/mol. The fourth-order valence-corrected chi connectivity index (χ4v) is 2.12. The largest absolute Gasteiger partial charge is 0.497 e. The van der Waals surface area contributed by atoms with Gasteiger partial charge in [0, 0.05) is 0 Å². The number of allylic oxidation sites excluding steroid dienone is 2. The second kappa shape index (κ2) is 7.34. The molecule has 0 saturated heterocycles. The second-order valence-corrected chi connectivity index (χ2v) is 4.65. The molecule has 0 bridgehead atoms. The Morgan fingerprint density at radius 1 is 1.10 bits per heavy atom. The Labute approximate surface area is 121 Å². The molecule has 0 radical (unpaired) electrons. The molecule has 1 aliphatic rings. The minimum Gasteiger partial charge on any atom is -0.497 e. The zero-order valence-electron chi connectivity index (χ0n) is 11.9. The van der Waals surface area contributed by atoms with Gasteiger partial charge in [0.15, 0.2) is 0 Å². The molecule has 1 heteroatoms. The number of ether oxygens (including phenoxy) is 1. The minimum atomic E-state index is 0.901. The van der Waals surface area contributed by atoms with E-state index in [1.54, 1.807) is 7.11 Å². The van der Waals surface area contributed by atoms with Crippen molar-refractivity contribution in [3.8, 4) is 5.75 Å². The molecular weight excluding hydrogens is 244 g/mol. The van der Waals surface area contributed by atoms with Crippen LogP contribution in [-0.4, -0.2) is 7.11 Å². The third-order valence-corrected chi connectivity index (χ3v) is 3.23. The van der Waals surface area contributed by atoms with E-state index in [4.69, 9.17) is 4.74 Å². The molecular formula is C19H20O. The Morgan fingerprint density at radius 2 is 1.85 bits per heavy atom. The molecule has 0 amide bonds. The summed E-state index contributed by atoms with van der Waals surface area (Å²) >= 11 is 0. The minimum absolute atomic E-state index is 0.901. The first-order valence-corrected chi connectivity index (χ1v) is 6.81. The molecule has 0 atom stereocenters. The number of benzene rings is 2. The SMILES string of the molecule is C1=Cc2ccccc2C1.C=CCc1ccc(OC)cc1. The Kier molecular flexibility index (Phi) is 5.19. The van der Waals surface area contributed by atoms with Crippen LogP contribution in [0.25, 0.3) is 6.08 Å². The number of fused-ring (bicyclic) bond motifs is 1. The molecule has 0 N–H and O–H groups in total. The van der Waals surface area contributed by atoms with Gasteiger partial charge in [-0.15, -0.1) is 6.58 Å². The van der Waals surface area contributed by atoms with E-state index in [1.807, 2.05) is 30.3 Å². The predicted octanol–water partition coefficient (Wildman–Crippen LogP) is 4.68. The lowest BCUT2D eigenvalue weighted by molar-refractivity contribution is 0.414. The Balaban J connectivity index is 0.000000149. The first-order chi connectivity index (χ1) is 9.83. The Hall–Kier alpha value is -2.28. The summed E-state index contributed by atoms with van der Waals surface area (Å²) in [7, 11) is 1.67. The van der Waals surface area contributed by atoms with Crippen molar-refractivity contribution in [1.29, 1.82) is 0 Å². The van der Waals surface area contributed by atoms with Gasteiger partial charge in [0.2, 0.25) is 0 Å². The summed E-state index contributed by atoms with van der Waals surface area (Å²) in [5.74, 6) is 0.901. The molecule has 0 heterocycles. The lowest BCUT2D eigenvalue weighted by atomic mass is 10.1. The van der Waals surface area contributed by atoms with Gasteiger partial charge < -0.3 is 4.74 Å². The highest BCUT2D eigenvalue weighted by Gasteiger charge is 2.00. The molecule has 1 nitrogen and oxygen atoms in total. The second-order valence-electron chi connectivity index (χ2n) is 4.65.